The topological polar surface area (TPSA) is 45.2 Å². The second kappa shape index (κ2) is 6.62. The quantitative estimate of drug-likeness (QED) is 0.866. The Bertz CT molecular complexity index is 510. The lowest BCUT2D eigenvalue weighted by Crippen LogP contribution is -2.34. The molecule has 1 N–H and O–H groups in total. The maximum Gasteiger partial charge on any atom is 0.401 e. The Labute approximate surface area is 125 Å². The van der Waals surface area contributed by atoms with Crippen LogP contribution in [-0.4, -0.2) is 48.1 Å². The summed E-state index contributed by atoms with van der Waals surface area (Å²) in [7, 11) is 0. The van der Waals surface area contributed by atoms with E-state index >= 15 is 0 Å². The number of amides is 1. The Kier molecular flexibility index (Phi) is 5.05. The number of rotatable bonds is 4. The van der Waals surface area contributed by atoms with Crippen LogP contribution >= 0.6 is 11.6 Å². The molecule has 0 bridgehead atoms. The minimum atomic E-state index is -4.17. The molecule has 1 amide bonds. The van der Waals surface area contributed by atoms with Gasteiger partial charge in [-0.2, -0.15) is 13.2 Å². The van der Waals surface area contributed by atoms with Gasteiger partial charge in [0, 0.05) is 24.8 Å². The zero-order chi connectivity index (χ0) is 15.5. The molecule has 1 aliphatic rings. The Morgan fingerprint density at radius 2 is 2.29 bits per heavy atom. The third-order valence-corrected chi connectivity index (χ3v) is 3.52. The number of alkyl halides is 3. The molecule has 2 rings (SSSR count). The van der Waals surface area contributed by atoms with Crippen molar-refractivity contribution in [1.29, 1.82) is 0 Å². The van der Waals surface area contributed by atoms with E-state index in [9.17, 15) is 18.0 Å². The molecule has 0 saturated carbocycles. The van der Waals surface area contributed by atoms with Gasteiger partial charge in [-0.15, -0.1) is 0 Å². The molecule has 0 aromatic carbocycles. The lowest BCUT2D eigenvalue weighted by atomic mass is 10.1. The van der Waals surface area contributed by atoms with Crippen LogP contribution in [0.1, 0.15) is 16.8 Å². The van der Waals surface area contributed by atoms with Gasteiger partial charge in [-0.25, -0.2) is 4.98 Å². The maximum atomic E-state index is 12.3. The molecule has 8 heteroatoms. The van der Waals surface area contributed by atoms with Crippen molar-refractivity contribution in [2.75, 3.05) is 26.2 Å². The minimum Gasteiger partial charge on any atom is -0.352 e. The van der Waals surface area contributed by atoms with E-state index in [2.05, 4.69) is 10.3 Å². The first-order valence-corrected chi connectivity index (χ1v) is 6.90. The normalized spacial score (nSPS) is 19.7. The molecule has 2 heterocycles. The van der Waals surface area contributed by atoms with Gasteiger partial charge in [-0.1, -0.05) is 11.6 Å². The average molecular weight is 322 g/mol. The number of carbonyl (C=O) groups is 1. The van der Waals surface area contributed by atoms with E-state index in [1.807, 2.05) is 0 Å². The number of carbonyl (C=O) groups excluding carboxylic acids is 1. The number of likely N-dealkylation sites (tertiary alicyclic amines) is 1. The van der Waals surface area contributed by atoms with Gasteiger partial charge in [0.25, 0.3) is 5.91 Å². The highest BCUT2D eigenvalue weighted by Gasteiger charge is 2.34. The van der Waals surface area contributed by atoms with Gasteiger partial charge >= 0.3 is 6.18 Å². The molecular formula is C13H15ClF3N3O. The number of pyridine rings is 1. The van der Waals surface area contributed by atoms with Crippen LogP contribution in [0, 0.1) is 5.92 Å². The van der Waals surface area contributed by atoms with E-state index < -0.39 is 12.7 Å². The summed E-state index contributed by atoms with van der Waals surface area (Å²) in [5, 5.41) is 2.94. The smallest absolute Gasteiger partial charge is 0.352 e. The molecule has 1 saturated heterocycles. The van der Waals surface area contributed by atoms with E-state index in [-0.39, 0.29) is 17.0 Å². The highest BCUT2D eigenvalue weighted by atomic mass is 35.5. The van der Waals surface area contributed by atoms with Gasteiger partial charge in [0.1, 0.15) is 5.15 Å². The van der Waals surface area contributed by atoms with Crippen LogP contribution in [-0.2, 0) is 0 Å². The number of nitrogens with zero attached hydrogens (tertiary/aromatic N) is 2. The number of hydrogen-bond acceptors (Lipinski definition) is 3. The highest BCUT2D eigenvalue weighted by Crippen LogP contribution is 2.22. The molecular weight excluding hydrogens is 307 g/mol. The molecule has 1 atom stereocenters. The van der Waals surface area contributed by atoms with Crippen molar-refractivity contribution < 1.29 is 18.0 Å². The molecule has 4 nitrogen and oxygen atoms in total. The van der Waals surface area contributed by atoms with Crippen molar-refractivity contribution in [2.24, 2.45) is 5.92 Å². The van der Waals surface area contributed by atoms with Crippen LogP contribution in [0.3, 0.4) is 0 Å². The fourth-order valence-electron chi connectivity index (χ4n) is 2.36. The van der Waals surface area contributed by atoms with Crippen LogP contribution in [0.25, 0.3) is 0 Å². The first-order valence-electron chi connectivity index (χ1n) is 6.52. The molecule has 1 unspecified atom stereocenters. The molecule has 21 heavy (non-hydrogen) atoms. The lowest BCUT2D eigenvalue weighted by Gasteiger charge is -2.18. The monoisotopic (exact) mass is 321 g/mol. The van der Waals surface area contributed by atoms with Crippen LogP contribution in [0.15, 0.2) is 18.3 Å². The summed E-state index contributed by atoms with van der Waals surface area (Å²) in [6, 6.07) is 2.98. The number of nitrogens with one attached hydrogen (secondary N) is 1. The van der Waals surface area contributed by atoms with Crippen LogP contribution in [0.5, 0.6) is 0 Å². The average Bonchev–Trinajstić information content (AvgIpc) is 2.81. The Morgan fingerprint density at radius 3 is 2.95 bits per heavy atom. The fourth-order valence-corrected chi connectivity index (χ4v) is 2.53. The van der Waals surface area contributed by atoms with Gasteiger partial charge in [0.2, 0.25) is 0 Å². The molecule has 0 aliphatic carbocycles. The standard InChI is InChI=1S/C13H15ClF3N3O/c14-11-5-10(1-3-18-11)12(21)19-6-9-2-4-20(7-9)8-13(15,16)17/h1,3,5,9H,2,4,6-8H2,(H,19,21). The van der Waals surface area contributed by atoms with Gasteiger partial charge < -0.3 is 5.32 Å². The summed E-state index contributed by atoms with van der Waals surface area (Å²) >= 11 is 5.69. The zero-order valence-electron chi connectivity index (χ0n) is 11.2. The van der Waals surface area contributed by atoms with Crippen LogP contribution in [0.2, 0.25) is 5.15 Å². The first-order chi connectivity index (χ1) is 9.83. The van der Waals surface area contributed by atoms with Crippen molar-refractivity contribution in [1.82, 2.24) is 15.2 Å². The van der Waals surface area contributed by atoms with Gasteiger partial charge in [0.15, 0.2) is 0 Å². The summed E-state index contributed by atoms with van der Waals surface area (Å²) < 4.78 is 36.8. The maximum absolute atomic E-state index is 12.3. The summed E-state index contributed by atoms with van der Waals surface area (Å²) in [5.74, 6) is -0.262. The second-order valence-electron chi connectivity index (χ2n) is 5.08. The van der Waals surface area contributed by atoms with Crippen molar-refractivity contribution in [3.05, 3.63) is 29.0 Å². The van der Waals surface area contributed by atoms with Crippen LogP contribution < -0.4 is 5.32 Å². The zero-order valence-corrected chi connectivity index (χ0v) is 11.9. The van der Waals surface area contributed by atoms with Crippen LogP contribution in [0.4, 0.5) is 13.2 Å². The van der Waals surface area contributed by atoms with E-state index in [0.717, 1.165) is 0 Å². The van der Waals surface area contributed by atoms with E-state index in [1.54, 1.807) is 0 Å². The Balaban J connectivity index is 1.78. The van der Waals surface area contributed by atoms with E-state index in [4.69, 9.17) is 11.6 Å². The third kappa shape index (κ3) is 5.17. The summed E-state index contributed by atoms with van der Waals surface area (Å²) in [5.41, 5.74) is 0.389. The van der Waals surface area contributed by atoms with Gasteiger partial charge in [-0.05, 0) is 31.0 Å². The largest absolute Gasteiger partial charge is 0.401 e. The molecule has 1 aromatic rings. The first kappa shape index (κ1) is 16.0. The van der Waals surface area contributed by atoms with Gasteiger partial charge in [0.05, 0.1) is 6.54 Å². The minimum absolute atomic E-state index is 0.0357. The predicted octanol–water partition coefficient (Wildman–Crippen LogP) is 2.35. The number of halogens is 4. The van der Waals surface area contributed by atoms with Gasteiger partial charge in [-0.3, -0.25) is 9.69 Å². The van der Waals surface area contributed by atoms with E-state index in [1.165, 1.54) is 23.2 Å². The summed E-state index contributed by atoms with van der Waals surface area (Å²) in [4.78, 5) is 17.0. The molecule has 0 radical (unpaired) electrons. The lowest BCUT2D eigenvalue weighted by molar-refractivity contribution is -0.143. The Morgan fingerprint density at radius 1 is 1.52 bits per heavy atom. The molecule has 1 aliphatic heterocycles. The molecule has 116 valence electrons. The Hall–Kier alpha value is -1.34. The predicted molar refractivity (Wildman–Crippen MR) is 72.2 cm³/mol. The third-order valence-electron chi connectivity index (χ3n) is 3.31. The van der Waals surface area contributed by atoms with Crippen molar-refractivity contribution >= 4 is 17.5 Å². The molecule has 1 aromatic heterocycles. The molecule has 1 fully saturated rings. The molecule has 0 spiro atoms. The fraction of sp³-hybridized carbons (Fsp3) is 0.538. The SMILES string of the molecule is O=C(NCC1CCN(CC(F)(F)F)C1)c1ccnc(Cl)c1. The van der Waals surface area contributed by atoms with Crippen molar-refractivity contribution in [3.8, 4) is 0 Å². The van der Waals surface area contributed by atoms with Crippen molar-refractivity contribution in [3.63, 3.8) is 0 Å². The van der Waals surface area contributed by atoms with Crippen molar-refractivity contribution in [2.45, 2.75) is 12.6 Å². The van der Waals surface area contributed by atoms with E-state index in [0.29, 0.717) is 31.6 Å². The number of hydrogen-bond donors (Lipinski definition) is 1. The highest BCUT2D eigenvalue weighted by molar-refractivity contribution is 6.29. The second-order valence-corrected chi connectivity index (χ2v) is 5.47. The number of aromatic nitrogens is 1. The summed E-state index contributed by atoms with van der Waals surface area (Å²) in [6.45, 7) is 0.211. The summed E-state index contributed by atoms with van der Waals surface area (Å²) in [6.07, 6.45) is -2.10.